The van der Waals surface area contributed by atoms with Crippen LogP contribution < -0.4 is 5.32 Å². The van der Waals surface area contributed by atoms with Crippen molar-refractivity contribution < 1.29 is 4.79 Å². The number of hydrogen-bond acceptors (Lipinski definition) is 1. The van der Waals surface area contributed by atoms with E-state index in [2.05, 4.69) is 17.2 Å². The first-order chi connectivity index (χ1) is 4.83. The fourth-order valence-electron chi connectivity index (χ4n) is 0.783. The standard InChI is InChI=1S/C8H11NO/c1-9-8(10)6-5-7-3-2-4-7/h7H,2-4H2,1H3,(H,9,10). The molecule has 0 aromatic rings. The highest BCUT2D eigenvalue weighted by Crippen LogP contribution is 2.24. The Kier molecular flexibility index (Phi) is 2.33. The minimum Gasteiger partial charge on any atom is -0.348 e. The average molecular weight is 137 g/mol. The van der Waals surface area contributed by atoms with Gasteiger partial charge in [-0.15, -0.1) is 0 Å². The van der Waals surface area contributed by atoms with Gasteiger partial charge in [0.2, 0.25) is 0 Å². The van der Waals surface area contributed by atoms with Crippen LogP contribution in [0.25, 0.3) is 0 Å². The third kappa shape index (κ3) is 1.77. The number of amides is 1. The Morgan fingerprint density at radius 1 is 1.60 bits per heavy atom. The first kappa shape index (κ1) is 7.14. The molecule has 0 spiro atoms. The van der Waals surface area contributed by atoms with Crippen LogP contribution >= 0.6 is 0 Å². The SMILES string of the molecule is CNC(=O)C#CC1CCC1. The van der Waals surface area contributed by atoms with Crippen molar-refractivity contribution in [1.29, 1.82) is 0 Å². The summed E-state index contributed by atoms with van der Waals surface area (Å²) in [7, 11) is 1.60. The highest BCUT2D eigenvalue weighted by molar-refractivity contribution is 5.93. The molecule has 1 rings (SSSR count). The normalized spacial score (nSPS) is 16.5. The molecule has 10 heavy (non-hydrogen) atoms. The second kappa shape index (κ2) is 3.26. The Hall–Kier alpha value is -0.970. The van der Waals surface area contributed by atoms with Crippen LogP contribution in [0.5, 0.6) is 0 Å². The molecule has 0 aromatic heterocycles. The number of nitrogens with one attached hydrogen (secondary N) is 1. The molecule has 0 saturated heterocycles. The van der Waals surface area contributed by atoms with Gasteiger partial charge in [0.15, 0.2) is 0 Å². The van der Waals surface area contributed by atoms with E-state index in [-0.39, 0.29) is 5.91 Å². The molecular formula is C8H11NO. The summed E-state index contributed by atoms with van der Waals surface area (Å²) in [6, 6.07) is 0. The predicted molar refractivity (Wildman–Crippen MR) is 39.2 cm³/mol. The molecule has 54 valence electrons. The van der Waals surface area contributed by atoms with E-state index in [9.17, 15) is 4.79 Å². The lowest BCUT2D eigenvalue weighted by Gasteiger charge is -2.18. The maximum absolute atomic E-state index is 10.6. The summed E-state index contributed by atoms with van der Waals surface area (Å²) < 4.78 is 0. The lowest BCUT2D eigenvalue weighted by atomic mass is 9.86. The average Bonchev–Trinajstić information content (AvgIpc) is 1.84. The highest BCUT2D eigenvalue weighted by atomic mass is 16.1. The van der Waals surface area contributed by atoms with E-state index < -0.39 is 0 Å². The fourth-order valence-corrected chi connectivity index (χ4v) is 0.783. The first-order valence-corrected chi connectivity index (χ1v) is 3.56. The van der Waals surface area contributed by atoms with Crippen molar-refractivity contribution in [3.63, 3.8) is 0 Å². The molecule has 2 heteroatoms. The Labute approximate surface area is 61.0 Å². The Morgan fingerprint density at radius 2 is 2.30 bits per heavy atom. The smallest absolute Gasteiger partial charge is 0.295 e. The lowest BCUT2D eigenvalue weighted by molar-refractivity contribution is -0.115. The van der Waals surface area contributed by atoms with Gasteiger partial charge < -0.3 is 5.32 Å². The van der Waals surface area contributed by atoms with Gasteiger partial charge in [0.05, 0.1) is 0 Å². The molecule has 1 N–H and O–H groups in total. The zero-order chi connectivity index (χ0) is 7.40. The molecule has 1 amide bonds. The molecule has 2 nitrogen and oxygen atoms in total. The van der Waals surface area contributed by atoms with Crippen molar-refractivity contribution in [2.75, 3.05) is 7.05 Å². The van der Waals surface area contributed by atoms with Crippen LogP contribution in [0.3, 0.4) is 0 Å². The van der Waals surface area contributed by atoms with E-state index in [1.165, 1.54) is 19.3 Å². The number of hydrogen-bond donors (Lipinski definition) is 1. The quantitative estimate of drug-likeness (QED) is 0.485. The van der Waals surface area contributed by atoms with Gasteiger partial charge in [-0.05, 0) is 18.8 Å². The summed E-state index contributed by atoms with van der Waals surface area (Å²) in [5.41, 5.74) is 0. The number of carbonyl (C=O) groups is 1. The largest absolute Gasteiger partial charge is 0.348 e. The zero-order valence-electron chi connectivity index (χ0n) is 6.11. The number of carbonyl (C=O) groups excluding carboxylic acids is 1. The third-order valence-corrected chi connectivity index (χ3v) is 1.72. The Balaban J connectivity index is 2.29. The summed E-state index contributed by atoms with van der Waals surface area (Å²) >= 11 is 0. The van der Waals surface area contributed by atoms with Crippen molar-refractivity contribution >= 4 is 5.91 Å². The molecule has 0 bridgehead atoms. The van der Waals surface area contributed by atoms with Gasteiger partial charge in [-0.3, -0.25) is 4.79 Å². The lowest BCUT2D eigenvalue weighted by Crippen LogP contribution is -2.16. The molecule has 1 fully saturated rings. The second-order valence-corrected chi connectivity index (χ2v) is 2.48. The summed E-state index contributed by atoms with van der Waals surface area (Å²) in [6.45, 7) is 0. The van der Waals surface area contributed by atoms with Crippen LogP contribution in [0.2, 0.25) is 0 Å². The molecule has 0 unspecified atom stereocenters. The Morgan fingerprint density at radius 3 is 2.70 bits per heavy atom. The molecule has 0 heterocycles. The molecule has 0 atom stereocenters. The second-order valence-electron chi connectivity index (χ2n) is 2.48. The van der Waals surface area contributed by atoms with E-state index in [0.717, 1.165) is 0 Å². The third-order valence-electron chi connectivity index (χ3n) is 1.72. The van der Waals surface area contributed by atoms with Gasteiger partial charge in [-0.2, -0.15) is 0 Å². The van der Waals surface area contributed by atoms with E-state index in [4.69, 9.17) is 0 Å². The van der Waals surface area contributed by atoms with E-state index in [1.54, 1.807) is 7.05 Å². The summed E-state index contributed by atoms with van der Waals surface area (Å²) in [5, 5.41) is 2.46. The number of rotatable bonds is 0. The zero-order valence-corrected chi connectivity index (χ0v) is 6.11. The minimum absolute atomic E-state index is 0.174. The van der Waals surface area contributed by atoms with Crippen molar-refractivity contribution in [3.8, 4) is 11.8 Å². The van der Waals surface area contributed by atoms with Gasteiger partial charge in [0, 0.05) is 13.0 Å². The molecule has 1 saturated carbocycles. The topological polar surface area (TPSA) is 29.1 Å². The highest BCUT2D eigenvalue weighted by Gasteiger charge is 2.13. The van der Waals surface area contributed by atoms with Gasteiger partial charge in [-0.1, -0.05) is 12.3 Å². The summed E-state index contributed by atoms with van der Waals surface area (Å²) in [4.78, 5) is 10.6. The maximum Gasteiger partial charge on any atom is 0.295 e. The van der Waals surface area contributed by atoms with Gasteiger partial charge in [-0.25, -0.2) is 0 Å². The summed E-state index contributed by atoms with van der Waals surface area (Å²) in [6.07, 6.45) is 3.61. The van der Waals surface area contributed by atoms with Crippen molar-refractivity contribution in [2.45, 2.75) is 19.3 Å². The predicted octanol–water partition coefficient (Wildman–Crippen LogP) is 0.536. The molecule has 1 aliphatic carbocycles. The maximum atomic E-state index is 10.6. The summed E-state index contributed by atoms with van der Waals surface area (Å²) in [5.74, 6) is 5.77. The van der Waals surface area contributed by atoms with Crippen molar-refractivity contribution in [3.05, 3.63) is 0 Å². The van der Waals surface area contributed by atoms with Gasteiger partial charge in [0.1, 0.15) is 0 Å². The van der Waals surface area contributed by atoms with Crippen molar-refractivity contribution in [2.24, 2.45) is 5.92 Å². The van der Waals surface area contributed by atoms with Gasteiger partial charge >= 0.3 is 0 Å². The monoisotopic (exact) mass is 137 g/mol. The van der Waals surface area contributed by atoms with E-state index in [0.29, 0.717) is 5.92 Å². The fraction of sp³-hybridized carbons (Fsp3) is 0.625. The van der Waals surface area contributed by atoms with E-state index >= 15 is 0 Å². The van der Waals surface area contributed by atoms with Crippen LogP contribution in [0, 0.1) is 17.8 Å². The van der Waals surface area contributed by atoms with E-state index in [1.807, 2.05) is 0 Å². The molecular weight excluding hydrogens is 126 g/mol. The molecule has 0 radical (unpaired) electrons. The van der Waals surface area contributed by atoms with Crippen LogP contribution in [-0.2, 0) is 4.79 Å². The van der Waals surface area contributed by atoms with Crippen LogP contribution in [0.1, 0.15) is 19.3 Å². The van der Waals surface area contributed by atoms with Gasteiger partial charge in [0.25, 0.3) is 5.91 Å². The van der Waals surface area contributed by atoms with Crippen LogP contribution in [0.4, 0.5) is 0 Å². The Bertz CT molecular complexity index is 183. The van der Waals surface area contributed by atoms with Crippen molar-refractivity contribution in [1.82, 2.24) is 5.32 Å². The molecule has 0 aliphatic heterocycles. The molecule has 1 aliphatic rings. The minimum atomic E-state index is -0.174. The van der Waals surface area contributed by atoms with Crippen LogP contribution in [0.15, 0.2) is 0 Å². The first-order valence-electron chi connectivity index (χ1n) is 3.56. The molecule has 0 aromatic carbocycles. The van der Waals surface area contributed by atoms with Crippen LogP contribution in [-0.4, -0.2) is 13.0 Å².